The van der Waals surface area contributed by atoms with Crippen molar-refractivity contribution in [2.45, 2.75) is 13.0 Å². The van der Waals surface area contributed by atoms with Crippen LogP contribution in [0.2, 0.25) is 0 Å². The summed E-state index contributed by atoms with van der Waals surface area (Å²) in [5.41, 5.74) is 6.21. The van der Waals surface area contributed by atoms with E-state index < -0.39 is 0 Å². The van der Waals surface area contributed by atoms with Gasteiger partial charge in [0, 0.05) is 20.4 Å². The van der Waals surface area contributed by atoms with Crippen molar-refractivity contribution in [2.24, 2.45) is 10.9 Å². The fraction of sp³-hybridized carbons (Fsp3) is 0.455. The number of nitrogens with two attached hydrogens (primary N) is 1. The molecule has 0 aliphatic carbocycles. The number of ether oxygens (including phenoxy) is 1. The van der Waals surface area contributed by atoms with Crippen LogP contribution in [0.25, 0.3) is 0 Å². The number of rotatable bonds is 5. The van der Waals surface area contributed by atoms with E-state index in [0.717, 1.165) is 0 Å². The molecule has 1 aromatic heterocycles. The topological polar surface area (TPSA) is 84.0 Å². The van der Waals surface area contributed by atoms with Gasteiger partial charge in [-0.2, -0.15) is 0 Å². The van der Waals surface area contributed by atoms with Gasteiger partial charge in [-0.25, -0.2) is 4.98 Å². The molecule has 0 bridgehead atoms. The van der Waals surface area contributed by atoms with Gasteiger partial charge >= 0.3 is 0 Å². The average Bonchev–Trinajstić information content (AvgIpc) is 2.37. The van der Waals surface area contributed by atoms with Gasteiger partial charge in [0.25, 0.3) is 0 Å². The number of aromatic nitrogens is 1. The number of amidine groups is 1. The molecule has 17 heavy (non-hydrogen) atoms. The van der Waals surface area contributed by atoms with Crippen molar-refractivity contribution < 1.29 is 9.94 Å². The molecule has 0 aliphatic rings. The largest absolute Gasteiger partial charge is 0.409 e. The molecule has 3 N–H and O–H groups in total. The van der Waals surface area contributed by atoms with E-state index in [1.165, 1.54) is 0 Å². The number of pyridine rings is 1. The average molecular weight is 238 g/mol. The van der Waals surface area contributed by atoms with Crippen LogP contribution in [-0.4, -0.2) is 42.8 Å². The summed E-state index contributed by atoms with van der Waals surface area (Å²) in [5, 5.41) is 11.7. The molecule has 94 valence electrons. The zero-order chi connectivity index (χ0) is 12.8. The van der Waals surface area contributed by atoms with Crippen LogP contribution in [0.3, 0.4) is 0 Å². The van der Waals surface area contributed by atoms with Crippen molar-refractivity contribution in [1.82, 2.24) is 4.98 Å². The van der Waals surface area contributed by atoms with Gasteiger partial charge in [0.2, 0.25) is 0 Å². The lowest BCUT2D eigenvalue weighted by Crippen LogP contribution is -2.35. The van der Waals surface area contributed by atoms with Gasteiger partial charge in [0.15, 0.2) is 5.84 Å². The predicted octanol–water partition coefficient (Wildman–Crippen LogP) is 0.647. The highest BCUT2D eigenvalue weighted by atomic mass is 16.5. The molecule has 1 aromatic rings. The second kappa shape index (κ2) is 6.05. The van der Waals surface area contributed by atoms with E-state index in [2.05, 4.69) is 10.1 Å². The van der Waals surface area contributed by atoms with Crippen LogP contribution in [0.1, 0.15) is 12.5 Å². The summed E-state index contributed by atoms with van der Waals surface area (Å²) in [6.45, 7) is 2.58. The number of nitrogens with zero attached hydrogens (tertiary/aromatic N) is 3. The normalized spacial score (nSPS) is 13.5. The van der Waals surface area contributed by atoms with Crippen molar-refractivity contribution in [2.75, 3.05) is 25.7 Å². The lowest BCUT2D eigenvalue weighted by molar-refractivity contribution is 0.183. The first-order chi connectivity index (χ1) is 8.11. The molecule has 1 heterocycles. The third kappa shape index (κ3) is 3.07. The zero-order valence-electron chi connectivity index (χ0n) is 10.3. The maximum Gasteiger partial charge on any atom is 0.173 e. The van der Waals surface area contributed by atoms with Gasteiger partial charge in [0.05, 0.1) is 18.2 Å². The molecule has 0 saturated heterocycles. The van der Waals surface area contributed by atoms with Crippen molar-refractivity contribution in [3.05, 3.63) is 23.9 Å². The van der Waals surface area contributed by atoms with Crippen LogP contribution in [-0.2, 0) is 4.74 Å². The lowest BCUT2D eigenvalue weighted by Gasteiger charge is -2.26. The smallest absolute Gasteiger partial charge is 0.173 e. The van der Waals surface area contributed by atoms with Crippen LogP contribution in [0.4, 0.5) is 5.82 Å². The Balaban J connectivity index is 3.04. The van der Waals surface area contributed by atoms with E-state index in [9.17, 15) is 0 Å². The Hall–Kier alpha value is -1.82. The molecule has 1 rings (SSSR count). The van der Waals surface area contributed by atoms with Crippen LogP contribution in [0, 0.1) is 0 Å². The second-order valence-electron chi connectivity index (χ2n) is 3.78. The van der Waals surface area contributed by atoms with E-state index in [-0.39, 0.29) is 11.9 Å². The summed E-state index contributed by atoms with van der Waals surface area (Å²) in [6, 6.07) is 3.64. The molecule has 0 spiro atoms. The van der Waals surface area contributed by atoms with Gasteiger partial charge in [-0.1, -0.05) is 5.16 Å². The SMILES string of the molecule is COCC(C)N(C)c1ncccc1C(N)=NO. The summed E-state index contributed by atoms with van der Waals surface area (Å²) in [4.78, 5) is 6.18. The van der Waals surface area contributed by atoms with E-state index in [4.69, 9.17) is 15.7 Å². The summed E-state index contributed by atoms with van der Waals surface area (Å²) >= 11 is 0. The van der Waals surface area contributed by atoms with Crippen LogP contribution < -0.4 is 10.6 Å². The summed E-state index contributed by atoms with van der Waals surface area (Å²) in [5.74, 6) is 0.705. The zero-order valence-corrected chi connectivity index (χ0v) is 10.3. The summed E-state index contributed by atoms with van der Waals surface area (Å²) in [6.07, 6.45) is 1.67. The molecule has 6 heteroatoms. The fourth-order valence-electron chi connectivity index (χ4n) is 1.49. The van der Waals surface area contributed by atoms with Gasteiger partial charge < -0.3 is 20.6 Å². The minimum Gasteiger partial charge on any atom is -0.409 e. The number of anilines is 1. The number of likely N-dealkylation sites (N-methyl/N-ethyl adjacent to an activating group) is 1. The van der Waals surface area contributed by atoms with Crippen molar-refractivity contribution in [3.8, 4) is 0 Å². The van der Waals surface area contributed by atoms with Gasteiger partial charge in [-0.3, -0.25) is 0 Å². The first kappa shape index (κ1) is 13.2. The van der Waals surface area contributed by atoms with Crippen molar-refractivity contribution in [1.29, 1.82) is 0 Å². The lowest BCUT2D eigenvalue weighted by atomic mass is 10.2. The molecule has 0 amide bonds. The molecule has 1 unspecified atom stereocenters. The monoisotopic (exact) mass is 238 g/mol. The quantitative estimate of drug-likeness (QED) is 0.340. The fourth-order valence-corrected chi connectivity index (χ4v) is 1.49. The highest BCUT2D eigenvalue weighted by molar-refractivity contribution is 6.01. The molecule has 0 aliphatic heterocycles. The van der Waals surface area contributed by atoms with E-state index >= 15 is 0 Å². The summed E-state index contributed by atoms with van der Waals surface area (Å²) in [7, 11) is 3.54. The Morgan fingerprint density at radius 2 is 2.41 bits per heavy atom. The van der Waals surface area contributed by atoms with Gasteiger partial charge in [-0.15, -0.1) is 0 Å². The molecular weight excluding hydrogens is 220 g/mol. The Morgan fingerprint density at radius 3 is 3.00 bits per heavy atom. The summed E-state index contributed by atoms with van der Waals surface area (Å²) < 4.78 is 5.09. The minimum atomic E-state index is 0.0459. The molecule has 0 fully saturated rings. The molecule has 0 radical (unpaired) electrons. The Kier molecular flexibility index (Phi) is 4.71. The standard InChI is InChI=1S/C11H18N4O2/c1-8(7-17-3)15(2)11-9(10(12)14-16)5-4-6-13-11/h4-6,8,16H,7H2,1-3H3,(H2,12,14). The van der Waals surface area contributed by atoms with Crippen LogP contribution >= 0.6 is 0 Å². The molecular formula is C11H18N4O2. The highest BCUT2D eigenvalue weighted by Gasteiger charge is 2.16. The third-order valence-electron chi connectivity index (χ3n) is 2.57. The van der Waals surface area contributed by atoms with Crippen LogP contribution in [0.5, 0.6) is 0 Å². The number of hydrogen-bond donors (Lipinski definition) is 2. The number of hydrogen-bond acceptors (Lipinski definition) is 5. The highest BCUT2D eigenvalue weighted by Crippen LogP contribution is 2.17. The Morgan fingerprint density at radius 1 is 1.71 bits per heavy atom. The van der Waals surface area contributed by atoms with Gasteiger partial charge in [-0.05, 0) is 19.1 Å². The molecule has 0 saturated carbocycles. The van der Waals surface area contributed by atoms with E-state index in [0.29, 0.717) is 18.0 Å². The predicted molar refractivity (Wildman–Crippen MR) is 66.5 cm³/mol. The van der Waals surface area contributed by atoms with Gasteiger partial charge in [0.1, 0.15) is 5.82 Å². The number of methoxy groups -OCH3 is 1. The van der Waals surface area contributed by atoms with E-state index in [1.807, 2.05) is 18.9 Å². The molecule has 1 atom stereocenters. The maximum atomic E-state index is 8.73. The Bertz CT molecular complexity index is 395. The van der Waals surface area contributed by atoms with E-state index in [1.54, 1.807) is 25.4 Å². The van der Waals surface area contributed by atoms with Crippen molar-refractivity contribution >= 4 is 11.7 Å². The molecule has 0 aromatic carbocycles. The number of oxime groups is 1. The molecule has 6 nitrogen and oxygen atoms in total. The van der Waals surface area contributed by atoms with Crippen LogP contribution in [0.15, 0.2) is 23.5 Å². The Labute approximate surface area is 101 Å². The first-order valence-corrected chi connectivity index (χ1v) is 5.26. The first-order valence-electron chi connectivity index (χ1n) is 5.26. The minimum absolute atomic E-state index is 0.0459. The second-order valence-corrected chi connectivity index (χ2v) is 3.78. The maximum absolute atomic E-state index is 8.73. The third-order valence-corrected chi connectivity index (χ3v) is 2.57. The van der Waals surface area contributed by atoms with Crippen molar-refractivity contribution in [3.63, 3.8) is 0 Å².